The lowest BCUT2D eigenvalue weighted by Crippen LogP contribution is -2.35. The Hall–Kier alpha value is -0.340. The van der Waals surface area contributed by atoms with E-state index in [1.54, 1.807) is 0 Å². The fraction of sp³-hybridized carbons (Fsp3) is 0.600. The van der Waals surface area contributed by atoms with Crippen LogP contribution in [0.2, 0.25) is 0 Å². The number of benzene rings is 1. The maximum Gasteiger partial charge on any atom is 0.0208 e. The number of rotatable bonds is 3. The minimum Gasteiger partial charge on any atom is -0.310 e. The molecule has 1 N–H and O–H groups in total. The van der Waals surface area contributed by atoms with E-state index < -0.39 is 0 Å². The third kappa shape index (κ3) is 4.11. The Bertz CT molecular complexity index is 336. The van der Waals surface area contributed by atoms with Crippen LogP contribution in [0, 0.1) is 11.8 Å². The maximum absolute atomic E-state index is 3.70. The molecule has 0 heterocycles. The molecule has 1 aliphatic rings. The molecule has 1 aliphatic carbocycles. The fourth-order valence-corrected chi connectivity index (χ4v) is 3.24. The smallest absolute Gasteiger partial charge is 0.0208 e. The highest BCUT2D eigenvalue weighted by Crippen LogP contribution is 2.28. The van der Waals surface area contributed by atoms with Gasteiger partial charge in [0.05, 0.1) is 0 Å². The molecule has 2 unspecified atom stereocenters. The van der Waals surface area contributed by atoms with Gasteiger partial charge in [-0.2, -0.15) is 0 Å². The molecule has 0 aliphatic heterocycles. The van der Waals surface area contributed by atoms with Crippen molar-refractivity contribution >= 4 is 15.9 Å². The highest BCUT2D eigenvalue weighted by Gasteiger charge is 2.23. The zero-order valence-corrected chi connectivity index (χ0v) is 12.3. The summed E-state index contributed by atoms with van der Waals surface area (Å²) in [5.41, 5.74) is 1.37. The molecule has 1 aromatic carbocycles. The van der Waals surface area contributed by atoms with Crippen molar-refractivity contribution in [3.8, 4) is 0 Å². The molecular weight excluding hydrogens is 274 g/mol. The van der Waals surface area contributed by atoms with Crippen LogP contribution in [0.5, 0.6) is 0 Å². The predicted molar refractivity (Wildman–Crippen MR) is 76.9 cm³/mol. The molecule has 1 fully saturated rings. The minimum absolute atomic E-state index is 0.706. The molecule has 1 nitrogen and oxygen atoms in total. The van der Waals surface area contributed by atoms with Gasteiger partial charge < -0.3 is 5.32 Å². The first-order valence-electron chi connectivity index (χ1n) is 6.61. The van der Waals surface area contributed by atoms with Crippen LogP contribution in [0.25, 0.3) is 0 Å². The van der Waals surface area contributed by atoms with Crippen molar-refractivity contribution in [3.05, 3.63) is 34.3 Å². The summed E-state index contributed by atoms with van der Waals surface area (Å²) in [5.74, 6) is 1.75. The Labute approximate surface area is 113 Å². The average Bonchev–Trinajstić information content (AvgIpc) is 2.27. The largest absolute Gasteiger partial charge is 0.310 e. The van der Waals surface area contributed by atoms with E-state index in [-0.39, 0.29) is 0 Å². The molecule has 2 atom stereocenters. The van der Waals surface area contributed by atoms with Gasteiger partial charge in [-0.15, -0.1) is 0 Å². The van der Waals surface area contributed by atoms with Crippen LogP contribution in [0.3, 0.4) is 0 Å². The van der Waals surface area contributed by atoms with Gasteiger partial charge in [0, 0.05) is 17.1 Å². The standard InChI is InChI=1S/C15H22BrN/c1-11-7-12(2)9-15(8-11)17-10-13-3-5-14(16)6-4-13/h3-6,11-12,15,17H,7-10H2,1-2H3. The quantitative estimate of drug-likeness (QED) is 0.873. The van der Waals surface area contributed by atoms with Gasteiger partial charge in [0.15, 0.2) is 0 Å². The summed E-state index contributed by atoms with van der Waals surface area (Å²) < 4.78 is 1.15. The maximum atomic E-state index is 3.70. The minimum atomic E-state index is 0.706. The van der Waals surface area contributed by atoms with Gasteiger partial charge >= 0.3 is 0 Å². The van der Waals surface area contributed by atoms with Crippen LogP contribution in [0.4, 0.5) is 0 Å². The topological polar surface area (TPSA) is 12.0 Å². The molecule has 2 rings (SSSR count). The van der Waals surface area contributed by atoms with Crippen molar-refractivity contribution in [2.75, 3.05) is 0 Å². The van der Waals surface area contributed by atoms with E-state index in [1.165, 1.54) is 24.8 Å². The van der Waals surface area contributed by atoms with Crippen LogP contribution in [0.1, 0.15) is 38.7 Å². The lowest BCUT2D eigenvalue weighted by atomic mass is 9.80. The van der Waals surface area contributed by atoms with Gasteiger partial charge in [0.1, 0.15) is 0 Å². The summed E-state index contributed by atoms with van der Waals surface area (Å²) in [6, 6.07) is 9.31. The van der Waals surface area contributed by atoms with E-state index in [1.807, 2.05) is 0 Å². The lowest BCUT2D eigenvalue weighted by molar-refractivity contribution is 0.238. The van der Waals surface area contributed by atoms with E-state index >= 15 is 0 Å². The van der Waals surface area contributed by atoms with E-state index in [0.717, 1.165) is 22.9 Å². The third-order valence-electron chi connectivity index (χ3n) is 3.69. The normalized spacial score (nSPS) is 29.2. The van der Waals surface area contributed by atoms with Gasteiger partial charge in [-0.3, -0.25) is 0 Å². The summed E-state index contributed by atoms with van der Waals surface area (Å²) in [7, 11) is 0. The van der Waals surface area contributed by atoms with E-state index in [9.17, 15) is 0 Å². The second-order valence-corrected chi connectivity index (χ2v) is 6.54. The summed E-state index contributed by atoms with van der Waals surface area (Å²) in [4.78, 5) is 0. The highest BCUT2D eigenvalue weighted by atomic mass is 79.9. The summed E-state index contributed by atoms with van der Waals surface area (Å²) >= 11 is 3.47. The first kappa shape index (κ1) is 13.1. The lowest BCUT2D eigenvalue weighted by Gasteiger charge is -2.32. The molecule has 17 heavy (non-hydrogen) atoms. The van der Waals surface area contributed by atoms with Gasteiger partial charge in [-0.05, 0) is 48.8 Å². The number of hydrogen-bond acceptors (Lipinski definition) is 1. The number of nitrogens with one attached hydrogen (secondary N) is 1. The van der Waals surface area contributed by atoms with Crippen LogP contribution < -0.4 is 5.32 Å². The first-order chi connectivity index (χ1) is 8.13. The van der Waals surface area contributed by atoms with Crippen molar-refractivity contribution in [2.24, 2.45) is 11.8 Å². The second kappa shape index (κ2) is 6.01. The molecule has 1 saturated carbocycles. The second-order valence-electron chi connectivity index (χ2n) is 5.62. The molecule has 0 spiro atoms. The third-order valence-corrected chi connectivity index (χ3v) is 4.22. The van der Waals surface area contributed by atoms with Crippen molar-refractivity contribution in [1.29, 1.82) is 0 Å². The Morgan fingerprint density at radius 1 is 1.06 bits per heavy atom. The highest BCUT2D eigenvalue weighted by molar-refractivity contribution is 9.10. The van der Waals surface area contributed by atoms with Crippen molar-refractivity contribution in [1.82, 2.24) is 5.32 Å². The number of halogens is 1. The van der Waals surface area contributed by atoms with Crippen molar-refractivity contribution < 1.29 is 0 Å². The van der Waals surface area contributed by atoms with Crippen LogP contribution in [-0.4, -0.2) is 6.04 Å². The van der Waals surface area contributed by atoms with E-state index in [2.05, 4.69) is 59.4 Å². The molecule has 0 aromatic heterocycles. The Morgan fingerprint density at radius 3 is 2.24 bits per heavy atom. The average molecular weight is 296 g/mol. The SMILES string of the molecule is CC1CC(C)CC(NCc2ccc(Br)cc2)C1. The fourth-order valence-electron chi connectivity index (χ4n) is 2.98. The summed E-state index contributed by atoms with van der Waals surface area (Å²) in [6.45, 7) is 5.76. The molecule has 0 saturated heterocycles. The number of hydrogen-bond donors (Lipinski definition) is 1. The van der Waals surface area contributed by atoms with Crippen molar-refractivity contribution in [2.45, 2.75) is 45.7 Å². The Balaban J connectivity index is 1.83. The van der Waals surface area contributed by atoms with E-state index in [4.69, 9.17) is 0 Å². The van der Waals surface area contributed by atoms with Crippen LogP contribution in [-0.2, 0) is 6.54 Å². The summed E-state index contributed by atoms with van der Waals surface area (Å²) in [5, 5.41) is 3.70. The molecule has 0 amide bonds. The molecule has 2 heteroatoms. The molecule has 0 radical (unpaired) electrons. The van der Waals surface area contributed by atoms with Gasteiger partial charge in [0.2, 0.25) is 0 Å². The molecule has 1 aromatic rings. The van der Waals surface area contributed by atoms with Crippen molar-refractivity contribution in [3.63, 3.8) is 0 Å². The van der Waals surface area contributed by atoms with Gasteiger partial charge in [-0.25, -0.2) is 0 Å². The first-order valence-corrected chi connectivity index (χ1v) is 7.40. The molecule has 94 valence electrons. The Kier molecular flexibility index (Phi) is 4.63. The van der Waals surface area contributed by atoms with Gasteiger partial charge in [0.25, 0.3) is 0 Å². The molecular formula is C15H22BrN. The molecule has 0 bridgehead atoms. The Morgan fingerprint density at radius 2 is 1.65 bits per heavy atom. The zero-order valence-electron chi connectivity index (χ0n) is 10.7. The zero-order chi connectivity index (χ0) is 12.3. The van der Waals surface area contributed by atoms with Crippen LogP contribution >= 0.6 is 15.9 Å². The van der Waals surface area contributed by atoms with Crippen LogP contribution in [0.15, 0.2) is 28.7 Å². The van der Waals surface area contributed by atoms with E-state index in [0.29, 0.717) is 6.04 Å². The summed E-state index contributed by atoms with van der Waals surface area (Å²) in [6.07, 6.45) is 4.07. The van der Waals surface area contributed by atoms with Gasteiger partial charge in [-0.1, -0.05) is 41.9 Å². The monoisotopic (exact) mass is 295 g/mol. The predicted octanol–water partition coefficient (Wildman–Crippen LogP) is 4.36.